The lowest BCUT2D eigenvalue weighted by Crippen LogP contribution is -1.91. The highest BCUT2D eigenvalue weighted by Gasteiger charge is 2.05. The number of aldehydes is 1. The van der Waals surface area contributed by atoms with Gasteiger partial charge in [-0.15, -0.1) is 11.3 Å². The molecule has 0 unspecified atom stereocenters. The molecule has 0 spiro atoms. The van der Waals surface area contributed by atoms with Crippen LogP contribution in [0.15, 0.2) is 11.5 Å². The number of rotatable bonds is 4. The Morgan fingerprint density at radius 2 is 2.54 bits per heavy atom. The molecule has 1 heterocycles. The summed E-state index contributed by atoms with van der Waals surface area (Å²) in [6.45, 7) is 4.40. The van der Waals surface area contributed by atoms with Crippen LogP contribution in [0.1, 0.15) is 29.3 Å². The van der Waals surface area contributed by atoms with Crippen molar-refractivity contribution in [1.29, 1.82) is 0 Å². The molecular weight excluding hydrogens is 186 g/mol. The smallest absolute Gasteiger partial charge is 0.178 e. The third kappa shape index (κ3) is 2.39. The first-order chi connectivity index (χ1) is 6.31. The summed E-state index contributed by atoms with van der Waals surface area (Å²) in [5, 5.41) is 2.29. The maximum absolute atomic E-state index is 10.4. The van der Waals surface area contributed by atoms with E-state index in [1.807, 2.05) is 25.3 Å². The lowest BCUT2D eigenvalue weighted by Gasteiger charge is -2.03. The van der Waals surface area contributed by atoms with E-state index >= 15 is 0 Å². The molecule has 1 rings (SSSR count). The van der Waals surface area contributed by atoms with Gasteiger partial charge in [0.05, 0.1) is 6.61 Å². The van der Waals surface area contributed by atoms with E-state index < -0.39 is 0 Å². The summed E-state index contributed by atoms with van der Waals surface area (Å²) in [5.41, 5.74) is 0.733. The molecule has 0 saturated heterocycles. The number of thiazole rings is 1. The molecule has 0 saturated carbocycles. The van der Waals surface area contributed by atoms with E-state index in [-0.39, 0.29) is 0 Å². The standard InChI is InChI=1S/C9H11NO2S/c1-3-8(12-4-2)7-6-13-9(5-11)10-7/h3,5-6H,4H2,1-2H3. The lowest BCUT2D eigenvalue weighted by molar-refractivity contribution is 0.112. The molecule has 0 radical (unpaired) electrons. The fourth-order valence-electron chi connectivity index (χ4n) is 0.916. The molecule has 0 fully saturated rings. The van der Waals surface area contributed by atoms with Gasteiger partial charge in [0.1, 0.15) is 11.5 Å². The summed E-state index contributed by atoms with van der Waals surface area (Å²) in [6.07, 6.45) is 2.58. The van der Waals surface area contributed by atoms with Gasteiger partial charge in [-0.1, -0.05) is 0 Å². The van der Waals surface area contributed by atoms with E-state index in [9.17, 15) is 4.79 Å². The van der Waals surface area contributed by atoms with Crippen molar-refractivity contribution >= 4 is 23.4 Å². The average Bonchev–Trinajstić information content (AvgIpc) is 2.62. The van der Waals surface area contributed by atoms with Gasteiger partial charge in [0.15, 0.2) is 11.3 Å². The summed E-state index contributed by atoms with van der Waals surface area (Å²) in [4.78, 5) is 14.5. The van der Waals surface area contributed by atoms with Crippen molar-refractivity contribution in [2.75, 3.05) is 6.61 Å². The van der Waals surface area contributed by atoms with Crippen LogP contribution in [0.4, 0.5) is 0 Å². The van der Waals surface area contributed by atoms with Crippen LogP contribution in [-0.2, 0) is 4.74 Å². The first-order valence-electron chi connectivity index (χ1n) is 4.02. The van der Waals surface area contributed by atoms with Crippen molar-refractivity contribution < 1.29 is 9.53 Å². The van der Waals surface area contributed by atoms with Gasteiger partial charge in [-0.25, -0.2) is 4.98 Å². The van der Waals surface area contributed by atoms with Crippen LogP contribution >= 0.6 is 11.3 Å². The number of hydrogen-bond acceptors (Lipinski definition) is 4. The summed E-state index contributed by atoms with van der Waals surface area (Å²) in [6, 6.07) is 0. The van der Waals surface area contributed by atoms with E-state index in [1.54, 1.807) is 0 Å². The summed E-state index contributed by atoms with van der Waals surface area (Å²) in [7, 11) is 0. The molecule has 4 heteroatoms. The topological polar surface area (TPSA) is 39.2 Å². The SMILES string of the molecule is CC=C(OCC)c1csc(C=O)n1. The van der Waals surface area contributed by atoms with Crippen LogP contribution in [0.2, 0.25) is 0 Å². The molecule has 13 heavy (non-hydrogen) atoms. The zero-order valence-corrected chi connectivity index (χ0v) is 8.43. The van der Waals surface area contributed by atoms with E-state index in [1.165, 1.54) is 11.3 Å². The van der Waals surface area contributed by atoms with Crippen molar-refractivity contribution in [2.24, 2.45) is 0 Å². The molecule has 1 aromatic rings. The van der Waals surface area contributed by atoms with E-state index in [0.29, 0.717) is 11.6 Å². The Morgan fingerprint density at radius 3 is 3.00 bits per heavy atom. The van der Waals surface area contributed by atoms with Crippen molar-refractivity contribution in [1.82, 2.24) is 4.98 Å². The van der Waals surface area contributed by atoms with E-state index in [2.05, 4.69) is 4.98 Å². The lowest BCUT2D eigenvalue weighted by atomic mass is 10.4. The van der Waals surface area contributed by atoms with Gasteiger partial charge >= 0.3 is 0 Å². The zero-order chi connectivity index (χ0) is 9.68. The number of allylic oxidation sites excluding steroid dienone is 1. The molecule has 0 bridgehead atoms. The van der Waals surface area contributed by atoms with Crippen LogP contribution in [-0.4, -0.2) is 17.9 Å². The molecule has 0 aliphatic rings. The van der Waals surface area contributed by atoms with Crippen LogP contribution in [0.3, 0.4) is 0 Å². The molecule has 3 nitrogen and oxygen atoms in total. The second-order valence-corrected chi connectivity index (χ2v) is 3.16. The fourth-order valence-corrected chi connectivity index (χ4v) is 1.52. The molecular formula is C9H11NO2S. The van der Waals surface area contributed by atoms with Gasteiger partial charge in [-0.3, -0.25) is 4.79 Å². The van der Waals surface area contributed by atoms with E-state index in [4.69, 9.17) is 4.74 Å². The minimum absolute atomic E-state index is 0.481. The Kier molecular flexibility index (Phi) is 3.64. The Hall–Kier alpha value is -1.16. The highest BCUT2D eigenvalue weighted by molar-refractivity contribution is 7.11. The monoisotopic (exact) mass is 197 g/mol. The zero-order valence-electron chi connectivity index (χ0n) is 7.61. The molecule has 70 valence electrons. The molecule has 0 amide bonds. The molecule has 0 aliphatic heterocycles. The number of ether oxygens (including phenoxy) is 1. The maximum atomic E-state index is 10.4. The Labute approximate surface area is 81.1 Å². The predicted molar refractivity (Wildman–Crippen MR) is 52.8 cm³/mol. The normalized spacial score (nSPS) is 11.4. The van der Waals surface area contributed by atoms with Crippen LogP contribution < -0.4 is 0 Å². The number of aromatic nitrogens is 1. The van der Waals surface area contributed by atoms with Gasteiger partial charge in [0.2, 0.25) is 0 Å². The van der Waals surface area contributed by atoms with E-state index in [0.717, 1.165) is 17.7 Å². The van der Waals surface area contributed by atoms with Crippen molar-refractivity contribution in [2.45, 2.75) is 13.8 Å². The molecule has 0 atom stereocenters. The fraction of sp³-hybridized carbons (Fsp3) is 0.333. The Morgan fingerprint density at radius 1 is 1.77 bits per heavy atom. The Bertz CT molecular complexity index is 317. The van der Waals surface area contributed by atoms with Crippen LogP contribution in [0.25, 0.3) is 5.76 Å². The molecule has 0 aromatic carbocycles. The third-order valence-electron chi connectivity index (χ3n) is 1.44. The van der Waals surface area contributed by atoms with Crippen molar-refractivity contribution in [3.05, 3.63) is 22.2 Å². The highest BCUT2D eigenvalue weighted by atomic mass is 32.1. The van der Waals surface area contributed by atoms with Crippen LogP contribution in [0, 0.1) is 0 Å². The van der Waals surface area contributed by atoms with Crippen molar-refractivity contribution in [3.63, 3.8) is 0 Å². The first-order valence-corrected chi connectivity index (χ1v) is 4.90. The quantitative estimate of drug-likeness (QED) is 0.549. The van der Waals surface area contributed by atoms with Gasteiger partial charge in [0.25, 0.3) is 0 Å². The summed E-state index contributed by atoms with van der Waals surface area (Å²) < 4.78 is 5.32. The van der Waals surface area contributed by atoms with Gasteiger partial charge in [-0.2, -0.15) is 0 Å². The number of carbonyl (C=O) groups excluding carboxylic acids is 1. The molecule has 0 N–H and O–H groups in total. The van der Waals surface area contributed by atoms with Gasteiger partial charge in [0, 0.05) is 5.38 Å². The number of carbonyl (C=O) groups is 1. The van der Waals surface area contributed by atoms with Gasteiger partial charge in [-0.05, 0) is 19.9 Å². The summed E-state index contributed by atoms with van der Waals surface area (Å²) in [5.74, 6) is 0.729. The third-order valence-corrected chi connectivity index (χ3v) is 2.21. The number of nitrogens with zero attached hydrogens (tertiary/aromatic N) is 1. The second-order valence-electron chi connectivity index (χ2n) is 2.27. The largest absolute Gasteiger partial charge is 0.492 e. The number of hydrogen-bond donors (Lipinski definition) is 0. The second kappa shape index (κ2) is 4.77. The van der Waals surface area contributed by atoms with Gasteiger partial charge < -0.3 is 4.74 Å². The first kappa shape index (κ1) is 9.92. The molecule has 0 aliphatic carbocycles. The minimum Gasteiger partial charge on any atom is -0.492 e. The minimum atomic E-state index is 0.481. The average molecular weight is 197 g/mol. The summed E-state index contributed by atoms with van der Waals surface area (Å²) >= 11 is 1.32. The van der Waals surface area contributed by atoms with Crippen molar-refractivity contribution in [3.8, 4) is 0 Å². The maximum Gasteiger partial charge on any atom is 0.178 e. The highest BCUT2D eigenvalue weighted by Crippen LogP contribution is 2.17. The Balaban J connectivity index is 2.85. The predicted octanol–water partition coefficient (Wildman–Crippen LogP) is 2.35. The van der Waals surface area contributed by atoms with Crippen LogP contribution in [0.5, 0.6) is 0 Å². The molecule has 1 aromatic heterocycles.